The molecular weight excluding hydrogens is 274 g/mol. The number of halogens is 1. The predicted octanol–water partition coefficient (Wildman–Crippen LogP) is 4.12. The van der Waals surface area contributed by atoms with Gasteiger partial charge >= 0.3 is 5.97 Å². The lowest BCUT2D eigenvalue weighted by atomic mass is 10.0. The second-order valence-corrected chi connectivity index (χ2v) is 5.03. The Morgan fingerprint density at radius 2 is 2.00 bits per heavy atom. The van der Waals surface area contributed by atoms with Gasteiger partial charge in [0.2, 0.25) is 0 Å². The molecule has 100 valence electrons. The molecule has 20 heavy (non-hydrogen) atoms. The smallest absolute Gasteiger partial charge is 0.307 e. The zero-order chi connectivity index (χ0) is 14.1. The number of fused-ring (bicyclic) bond motifs is 1. The molecule has 0 aliphatic rings. The molecule has 3 nitrogen and oxygen atoms in total. The van der Waals surface area contributed by atoms with Crippen molar-refractivity contribution in [3.63, 3.8) is 0 Å². The molecule has 0 spiro atoms. The first-order valence-electron chi connectivity index (χ1n) is 6.22. The molecular formula is C16H12ClNO2. The van der Waals surface area contributed by atoms with Crippen LogP contribution in [0, 0.1) is 0 Å². The summed E-state index contributed by atoms with van der Waals surface area (Å²) in [4.78, 5) is 13.9. The number of carboxylic acid groups (broad SMARTS) is 1. The Bertz CT molecular complexity index is 792. The molecule has 0 atom stereocenters. The number of nitrogens with one attached hydrogen (secondary N) is 1. The topological polar surface area (TPSA) is 53.1 Å². The van der Waals surface area contributed by atoms with Gasteiger partial charge in [0.25, 0.3) is 0 Å². The van der Waals surface area contributed by atoms with E-state index in [0.717, 1.165) is 27.6 Å². The SMILES string of the molecule is O=C(O)Cc1c[nH]c2cc(-c3ccccc3Cl)ccc12. The number of rotatable bonds is 3. The van der Waals surface area contributed by atoms with Gasteiger partial charge in [-0.3, -0.25) is 4.79 Å². The van der Waals surface area contributed by atoms with Crippen molar-refractivity contribution in [2.75, 3.05) is 0 Å². The summed E-state index contributed by atoms with van der Waals surface area (Å²) >= 11 is 6.20. The summed E-state index contributed by atoms with van der Waals surface area (Å²) in [6.45, 7) is 0. The number of carboxylic acids is 1. The second-order valence-electron chi connectivity index (χ2n) is 4.62. The van der Waals surface area contributed by atoms with Crippen molar-refractivity contribution >= 4 is 28.5 Å². The lowest BCUT2D eigenvalue weighted by Gasteiger charge is -2.04. The fourth-order valence-corrected chi connectivity index (χ4v) is 2.60. The van der Waals surface area contributed by atoms with Crippen molar-refractivity contribution in [3.8, 4) is 11.1 Å². The standard InChI is InChI=1S/C16H12ClNO2/c17-14-4-2-1-3-12(14)10-5-6-13-11(8-16(19)20)9-18-15(13)7-10/h1-7,9,18H,8H2,(H,19,20). The molecule has 0 fully saturated rings. The Hall–Kier alpha value is -2.26. The Labute approximate surface area is 120 Å². The van der Waals surface area contributed by atoms with E-state index in [1.54, 1.807) is 6.20 Å². The van der Waals surface area contributed by atoms with E-state index in [-0.39, 0.29) is 6.42 Å². The average Bonchev–Trinajstić information content (AvgIpc) is 2.81. The number of aliphatic carboxylic acids is 1. The third kappa shape index (κ3) is 2.28. The molecule has 3 aromatic rings. The molecule has 1 aromatic heterocycles. The molecule has 2 aromatic carbocycles. The molecule has 1 heterocycles. The summed E-state index contributed by atoms with van der Waals surface area (Å²) in [7, 11) is 0. The molecule has 2 N–H and O–H groups in total. The molecule has 0 aliphatic carbocycles. The van der Waals surface area contributed by atoms with Gasteiger partial charge in [0, 0.05) is 27.7 Å². The van der Waals surface area contributed by atoms with Crippen LogP contribution in [0.5, 0.6) is 0 Å². The number of benzene rings is 2. The van der Waals surface area contributed by atoms with Crippen LogP contribution < -0.4 is 0 Å². The Morgan fingerprint density at radius 1 is 1.20 bits per heavy atom. The summed E-state index contributed by atoms with van der Waals surface area (Å²) in [5.74, 6) is -0.832. The maximum atomic E-state index is 10.8. The number of H-pyrrole nitrogens is 1. The molecule has 0 amide bonds. The van der Waals surface area contributed by atoms with E-state index in [1.807, 2.05) is 42.5 Å². The quantitative estimate of drug-likeness (QED) is 0.761. The molecule has 0 saturated carbocycles. The van der Waals surface area contributed by atoms with Crippen LogP contribution in [0.25, 0.3) is 22.0 Å². The Balaban J connectivity index is 2.09. The minimum Gasteiger partial charge on any atom is -0.481 e. The van der Waals surface area contributed by atoms with Gasteiger partial charge in [-0.1, -0.05) is 41.9 Å². The lowest BCUT2D eigenvalue weighted by molar-refractivity contribution is -0.136. The summed E-state index contributed by atoms with van der Waals surface area (Å²) in [5.41, 5.74) is 3.68. The van der Waals surface area contributed by atoms with Crippen molar-refractivity contribution in [1.82, 2.24) is 4.98 Å². The fraction of sp³-hybridized carbons (Fsp3) is 0.0625. The van der Waals surface area contributed by atoms with E-state index >= 15 is 0 Å². The molecule has 0 aliphatic heterocycles. The van der Waals surface area contributed by atoms with Gasteiger partial charge in [-0.2, -0.15) is 0 Å². The molecule has 0 radical (unpaired) electrons. The predicted molar refractivity (Wildman–Crippen MR) is 80.1 cm³/mol. The highest BCUT2D eigenvalue weighted by Gasteiger charge is 2.09. The van der Waals surface area contributed by atoms with E-state index in [2.05, 4.69) is 4.98 Å². The first kappa shape index (κ1) is 12.8. The Kier molecular flexibility index (Phi) is 3.20. The van der Waals surface area contributed by atoms with Gasteiger partial charge in [-0.15, -0.1) is 0 Å². The number of carbonyl (C=O) groups is 1. The summed E-state index contributed by atoms with van der Waals surface area (Å²) in [5, 5.41) is 10.5. The van der Waals surface area contributed by atoms with E-state index in [1.165, 1.54) is 0 Å². The first-order valence-corrected chi connectivity index (χ1v) is 6.59. The van der Waals surface area contributed by atoms with Crippen molar-refractivity contribution in [2.24, 2.45) is 0 Å². The maximum absolute atomic E-state index is 10.8. The van der Waals surface area contributed by atoms with Crippen LogP contribution in [0.15, 0.2) is 48.7 Å². The minimum atomic E-state index is -0.832. The second kappa shape index (κ2) is 5.02. The first-order chi connectivity index (χ1) is 9.65. The summed E-state index contributed by atoms with van der Waals surface area (Å²) in [6, 6.07) is 13.5. The highest BCUT2D eigenvalue weighted by Crippen LogP contribution is 2.30. The van der Waals surface area contributed by atoms with Crippen LogP contribution in [-0.2, 0) is 11.2 Å². The van der Waals surface area contributed by atoms with Crippen molar-refractivity contribution in [1.29, 1.82) is 0 Å². The van der Waals surface area contributed by atoms with Crippen molar-refractivity contribution in [2.45, 2.75) is 6.42 Å². The van der Waals surface area contributed by atoms with Gasteiger partial charge in [-0.05, 0) is 23.3 Å². The van der Waals surface area contributed by atoms with Crippen LogP contribution in [-0.4, -0.2) is 16.1 Å². The molecule has 0 bridgehead atoms. The largest absolute Gasteiger partial charge is 0.481 e. The van der Waals surface area contributed by atoms with Crippen LogP contribution in [0.3, 0.4) is 0 Å². The molecule has 0 saturated heterocycles. The molecule has 3 rings (SSSR count). The maximum Gasteiger partial charge on any atom is 0.307 e. The molecule has 4 heteroatoms. The third-order valence-electron chi connectivity index (χ3n) is 3.29. The minimum absolute atomic E-state index is 0.0193. The summed E-state index contributed by atoms with van der Waals surface area (Å²) in [6.07, 6.45) is 1.76. The van der Waals surface area contributed by atoms with E-state index in [0.29, 0.717) is 5.02 Å². The number of hydrogen-bond donors (Lipinski definition) is 2. The van der Waals surface area contributed by atoms with Gasteiger partial charge in [-0.25, -0.2) is 0 Å². The zero-order valence-electron chi connectivity index (χ0n) is 10.6. The van der Waals surface area contributed by atoms with Crippen LogP contribution >= 0.6 is 11.6 Å². The number of hydrogen-bond acceptors (Lipinski definition) is 1. The number of aromatic nitrogens is 1. The van der Waals surface area contributed by atoms with E-state index < -0.39 is 5.97 Å². The number of aromatic amines is 1. The zero-order valence-corrected chi connectivity index (χ0v) is 11.3. The van der Waals surface area contributed by atoms with Gasteiger partial charge < -0.3 is 10.1 Å². The molecule has 0 unspecified atom stereocenters. The Morgan fingerprint density at radius 3 is 2.75 bits per heavy atom. The monoisotopic (exact) mass is 285 g/mol. The van der Waals surface area contributed by atoms with Crippen molar-refractivity contribution in [3.05, 3.63) is 59.2 Å². The normalized spacial score (nSPS) is 10.8. The fourth-order valence-electron chi connectivity index (χ4n) is 2.36. The highest BCUT2D eigenvalue weighted by molar-refractivity contribution is 6.33. The van der Waals surface area contributed by atoms with Gasteiger partial charge in [0.15, 0.2) is 0 Å². The summed E-state index contributed by atoms with van der Waals surface area (Å²) < 4.78 is 0. The van der Waals surface area contributed by atoms with Crippen LogP contribution in [0.1, 0.15) is 5.56 Å². The lowest BCUT2D eigenvalue weighted by Crippen LogP contribution is -1.98. The average molecular weight is 286 g/mol. The highest BCUT2D eigenvalue weighted by atomic mass is 35.5. The third-order valence-corrected chi connectivity index (χ3v) is 3.62. The van der Waals surface area contributed by atoms with Crippen LogP contribution in [0.2, 0.25) is 5.02 Å². The van der Waals surface area contributed by atoms with E-state index in [4.69, 9.17) is 16.7 Å². The van der Waals surface area contributed by atoms with Gasteiger partial charge in [0.05, 0.1) is 6.42 Å². The van der Waals surface area contributed by atoms with Gasteiger partial charge in [0.1, 0.15) is 0 Å². The van der Waals surface area contributed by atoms with Crippen molar-refractivity contribution < 1.29 is 9.90 Å². The van der Waals surface area contributed by atoms with Crippen LogP contribution in [0.4, 0.5) is 0 Å². The van der Waals surface area contributed by atoms with E-state index in [9.17, 15) is 4.79 Å².